The van der Waals surface area contributed by atoms with Crippen LogP contribution in [0.25, 0.3) is 0 Å². The molecule has 1 aliphatic rings. The highest BCUT2D eigenvalue weighted by atomic mass is 16.3. The van der Waals surface area contributed by atoms with E-state index in [4.69, 9.17) is 5.11 Å². The van der Waals surface area contributed by atoms with Crippen LogP contribution >= 0.6 is 0 Å². The minimum Gasteiger partial charge on any atom is -0.394 e. The number of rotatable bonds is 1. The van der Waals surface area contributed by atoms with Crippen LogP contribution in [0.4, 0.5) is 0 Å². The average molecular weight is 186 g/mol. The van der Waals surface area contributed by atoms with Crippen molar-refractivity contribution < 1.29 is 9.90 Å². The molecule has 1 atom stereocenters. The third kappa shape index (κ3) is 2.67. The van der Waals surface area contributed by atoms with E-state index in [9.17, 15) is 4.79 Å². The quantitative estimate of drug-likeness (QED) is 0.584. The van der Waals surface area contributed by atoms with Gasteiger partial charge >= 0.3 is 0 Å². The number of hydrogen-bond donors (Lipinski definition) is 2. The Morgan fingerprint density at radius 3 is 2.69 bits per heavy atom. The van der Waals surface area contributed by atoms with Crippen molar-refractivity contribution >= 4 is 5.91 Å². The number of piperazine rings is 1. The summed E-state index contributed by atoms with van der Waals surface area (Å²) in [5.74, 6) is 0.000208. The van der Waals surface area contributed by atoms with Crippen molar-refractivity contribution in [1.82, 2.24) is 10.2 Å². The molecule has 1 amide bonds. The molecule has 4 nitrogen and oxygen atoms in total. The Hall–Kier alpha value is -0.610. The van der Waals surface area contributed by atoms with Crippen molar-refractivity contribution in [2.45, 2.75) is 32.4 Å². The van der Waals surface area contributed by atoms with Crippen molar-refractivity contribution in [3.05, 3.63) is 0 Å². The molecular formula is C9H18N2O2. The number of carbonyl (C=O) groups is 1. The third-order valence-corrected chi connectivity index (χ3v) is 2.31. The molecule has 1 rings (SSSR count). The first-order chi connectivity index (χ1) is 5.93. The second-order valence-corrected chi connectivity index (χ2v) is 4.50. The summed E-state index contributed by atoms with van der Waals surface area (Å²) >= 11 is 0. The Morgan fingerprint density at radius 2 is 2.23 bits per heavy atom. The van der Waals surface area contributed by atoms with E-state index in [2.05, 4.69) is 31.0 Å². The van der Waals surface area contributed by atoms with Gasteiger partial charge in [0.1, 0.15) is 0 Å². The Balaban J connectivity index is 2.62. The molecule has 0 spiro atoms. The normalized spacial score (nSPS) is 25.8. The van der Waals surface area contributed by atoms with E-state index < -0.39 is 0 Å². The molecule has 1 heterocycles. The topological polar surface area (TPSA) is 52.6 Å². The first-order valence-corrected chi connectivity index (χ1v) is 4.59. The third-order valence-electron chi connectivity index (χ3n) is 2.31. The number of amides is 1. The summed E-state index contributed by atoms with van der Waals surface area (Å²) in [6.07, 6.45) is 0. The van der Waals surface area contributed by atoms with E-state index in [1.54, 1.807) is 0 Å². The van der Waals surface area contributed by atoms with Crippen LogP contribution in [0.5, 0.6) is 0 Å². The minimum atomic E-state index is -0.111. The van der Waals surface area contributed by atoms with Crippen molar-refractivity contribution in [1.29, 1.82) is 0 Å². The number of hydrogen-bond acceptors (Lipinski definition) is 3. The Bertz CT molecular complexity index is 198. The smallest absolute Gasteiger partial charge is 0.234 e. The molecule has 0 aromatic carbocycles. The summed E-state index contributed by atoms with van der Waals surface area (Å²) in [5, 5.41) is 11.7. The number of aliphatic hydroxyl groups excluding tert-OH is 1. The molecule has 4 heteroatoms. The molecule has 1 fully saturated rings. The number of nitrogens with one attached hydrogen (secondary N) is 1. The monoisotopic (exact) mass is 186 g/mol. The fourth-order valence-electron chi connectivity index (χ4n) is 1.44. The Kier molecular flexibility index (Phi) is 2.93. The molecule has 1 unspecified atom stereocenters. The molecule has 0 bridgehead atoms. The molecule has 13 heavy (non-hydrogen) atoms. The zero-order chi connectivity index (χ0) is 10.1. The van der Waals surface area contributed by atoms with Gasteiger partial charge in [0.25, 0.3) is 0 Å². The lowest BCUT2D eigenvalue weighted by Gasteiger charge is -2.40. The van der Waals surface area contributed by atoms with E-state index in [1.165, 1.54) is 0 Å². The average Bonchev–Trinajstić information content (AvgIpc) is 2.01. The highest BCUT2D eigenvalue weighted by Gasteiger charge is 2.30. The van der Waals surface area contributed by atoms with Gasteiger partial charge in [-0.05, 0) is 20.8 Å². The molecule has 0 aliphatic carbocycles. The fourth-order valence-corrected chi connectivity index (χ4v) is 1.44. The van der Waals surface area contributed by atoms with Gasteiger partial charge in [-0.25, -0.2) is 0 Å². The second kappa shape index (κ2) is 3.64. The fraction of sp³-hybridized carbons (Fsp3) is 0.889. The van der Waals surface area contributed by atoms with Crippen LogP contribution in [0.2, 0.25) is 0 Å². The van der Waals surface area contributed by atoms with Gasteiger partial charge in [0.2, 0.25) is 5.91 Å². The molecule has 1 saturated heterocycles. The highest BCUT2D eigenvalue weighted by molar-refractivity contribution is 5.79. The largest absolute Gasteiger partial charge is 0.394 e. The van der Waals surface area contributed by atoms with Gasteiger partial charge in [-0.2, -0.15) is 0 Å². The first-order valence-electron chi connectivity index (χ1n) is 4.59. The van der Waals surface area contributed by atoms with E-state index in [-0.39, 0.29) is 24.1 Å². The van der Waals surface area contributed by atoms with E-state index in [0.717, 1.165) is 6.54 Å². The second-order valence-electron chi connectivity index (χ2n) is 4.50. The molecule has 0 radical (unpaired) electrons. The van der Waals surface area contributed by atoms with E-state index in [1.807, 2.05) is 0 Å². The molecule has 2 N–H and O–H groups in total. The van der Waals surface area contributed by atoms with E-state index in [0.29, 0.717) is 6.54 Å². The predicted molar refractivity (Wildman–Crippen MR) is 50.3 cm³/mol. The van der Waals surface area contributed by atoms with Crippen LogP contribution in [0.1, 0.15) is 20.8 Å². The molecule has 0 aromatic heterocycles. The van der Waals surface area contributed by atoms with E-state index >= 15 is 0 Å². The lowest BCUT2D eigenvalue weighted by atomic mass is 10.0. The SMILES string of the molecule is CC(C)(C)N1CC(=O)NC(CO)C1. The summed E-state index contributed by atoms with van der Waals surface area (Å²) in [4.78, 5) is 13.3. The summed E-state index contributed by atoms with van der Waals surface area (Å²) < 4.78 is 0. The summed E-state index contributed by atoms with van der Waals surface area (Å²) in [7, 11) is 0. The number of carbonyl (C=O) groups excluding carboxylic acids is 1. The maximum atomic E-state index is 11.2. The lowest BCUT2D eigenvalue weighted by Crippen LogP contribution is -2.60. The summed E-state index contributed by atoms with van der Waals surface area (Å²) in [6.45, 7) is 7.38. The molecule has 76 valence electrons. The number of aliphatic hydroxyl groups is 1. The van der Waals surface area contributed by atoms with Crippen LogP contribution in [-0.2, 0) is 4.79 Å². The van der Waals surface area contributed by atoms with Crippen molar-refractivity contribution in [2.24, 2.45) is 0 Å². The van der Waals surface area contributed by atoms with Crippen LogP contribution in [0, 0.1) is 0 Å². The highest BCUT2D eigenvalue weighted by Crippen LogP contribution is 2.15. The zero-order valence-electron chi connectivity index (χ0n) is 8.50. The minimum absolute atomic E-state index is 0.000208. The van der Waals surface area contributed by atoms with Gasteiger partial charge in [-0.3, -0.25) is 9.69 Å². The predicted octanol–water partition coefficient (Wildman–Crippen LogP) is -0.422. The van der Waals surface area contributed by atoms with Crippen molar-refractivity contribution in [3.8, 4) is 0 Å². The molecular weight excluding hydrogens is 168 g/mol. The van der Waals surface area contributed by atoms with Gasteiger partial charge in [-0.15, -0.1) is 0 Å². The summed E-state index contributed by atoms with van der Waals surface area (Å²) in [6, 6.07) is -0.111. The molecule has 1 aliphatic heterocycles. The Labute approximate surface area is 78.9 Å². The van der Waals surface area contributed by atoms with Gasteiger partial charge in [-0.1, -0.05) is 0 Å². The molecule has 0 saturated carbocycles. The standard InChI is InChI=1S/C9H18N2O2/c1-9(2,3)11-4-7(6-12)10-8(13)5-11/h7,12H,4-6H2,1-3H3,(H,10,13). The van der Waals surface area contributed by atoms with Gasteiger partial charge < -0.3 is 10.4 Å². The van der Waals surface area contributed by atoms with Crippen LogP contribution in [-0.4, -0.2) is 47.2 Å². The summed E-state index contributed by atoms with van der Waals surface area (Å²) in [5.41, 5.74) is -0.00875. The lowest BCUT2D eigenvalue weighted by molar-refractivity contribution is -0.128. The van der Waals surface area contributed by atoms with Crippen LogP contribution in [0.15, 0.2) is 0 Å². The maximum absolute atomic E-state index is 11.2. The van der Waals surface area contributed by atoms with Gasteiger partial charge in [0.05, 0.1) is 19.2 Å². The number of nitrogens with zero attached hydrogens (tertiary/aromatic N) is 1. The maximum Gasteiger partial charge on any atom is 0.234 e. The first kappa shape index (κ1) is 10.5. The van der Waals surface area contributed by atoms with Crippen LogP contribution in [0.3, 0.4) is 0 Å². The molecule has 0 aromatic rings. The van der Waals surface area contributed by atoms with Crippen molar-refractivity contribution in [2.75, 3.05) is 19.7 Å². The zero-order valence-corrected chi connectivity index (χ0v) is 8.50. The Morgan fingerprint density at radius 1 is 1.62 bits per heavy atom. The van der Waals surface area contributed by atoms with Gasteiger partial charge in [0, 0.05) is 12.1 Å². The van der Waals surface area contributed by atoms with Crippen LogP contribution < -0.4 is 5.32 Å². The van der Waals surface area contributed by atoms with Crippen molar-refractivity contribution in [3.63, 3.8) is 0 Å². The van der Waals surface area contributed by atoms with Gasteiger partial charge in [0.15, 0.2) is 0 Å².